The molecule has 0 bridgehead atoms. The minimum Gasteiger partial charge on any atom is -0.480 e. The lowest BCUT2D eigenvalue weighted by atomic mass is 10.0. The Morgan fingerprint density at radius 1 is 1.37 bits per heavy atom. The van der Waals surface area contributed by atoms with Gasteiger partial charge in [0.1, 0.15) is 11.9 Å². The maximum Gasteiger partial charge on any atom is 0.322 e. The highest BCUT2D eigenvalue weighted by atomic mass is 32.2. The van der Waals surface area contributed by atoms with Crippen molar-refractivity contribution in [3.63, 3.8) is 0 Å². The number of hydrogen-bond donors (Lipinski definition) is 2. The maximum absolute atomic E-state index is 12.7. The van der Waals surface area contributed by atoms with Crippen LogP contribution in [0.25, 0.3) is 0 Å². The Hall–Kier alpha value is -1.47. The molecule has 1 aromatic rings. The Labute approximate surface area is 111 Å². The summed E-state index contributed by atoms with van der Waals surface area (Å²) >= 11 is 0. The number of carbonyl (C=O) groups is 1. The van der Waals surface area contributed by atoms with Gasteiger partial charge in [-0.3, -0.25) is 4.79 Å². The molecule has 0 aliphatic rings. The molecule has 106 valence electrons. The van der Waals surface area contributed by atoms with Crippen molar-refractivity contribution in [2.45, 2.75) is 31.2 Å². The molecule has 7 heteroatoms. The molecule has 5 nitrogen and oxygen atoms in total. The average molecular weight is 289 g/mol. The monoisotopic (exact) mass is 289 g/mol. The van der Waals surface area contributed by atoms with Crippen LogP contribution in [-0.4, -0.2) is 25.5 Å². The molecule has 0 aliphatic carbocycles. The Morgan fingerprint density at radius 2 is 1.89 bits per heavy atom. The van der Waals surface area contributed by atoms with Crippen molar-refractivity contribution in [1.82, 2.24) is 4.72 Å². The number of benzene rings is 1. The van der Waals surface area contributed by atoms with Crippen LogP contribution in [0.1, 0.15) is 20.3 Å². The summed E-state index contributed by atoms with van der Waals surface area (Å²) in [5.74, 6) is -2.15. The first-order chi connectivity index (χ1) is 8.77. The number of carboxylic acid groups (broad SMARTS) is 1. The van der Waals surface area contributed by atoms with Crippen molar-refractivity contribution in [3.05, 3.63) is 30.1 Å². The van der Waals surface area contributed by atoms with Crippen molar-refractivity contribution in [1.29, 1.82) is 0 Å². The zero-order valence-corrected chi connectivity index (χ0v) is 11.4. The SMILES string of the molecule is CCC(C)C(NS(=O)(=O)c1ccc(F)cc1)C(=O)O. The van der Waals surface area contributed by atoms with E-state index in [4.69, 9.17) is 5.11 Å². The lowest BCUT2D eigenvalue weighted by Crippen LogP contribution is -2.44. The Balaban J connectivity index is 3.00. The number of rotatable bonds is 6. The number of carboxylic acids is 1. The van der Waals surface area contributed by atoms with Gasteiger partial charge in [0.2, 0.25) is 10.0 Å². The van der Waals surface area contributed by atoms with E-state index < -0.39 is 27.9 Å². The number of halogens is 1. The third-order valence-corrected chi connectivity index (χ3v) is 4.34. The molecule has 2 unspecified atom stereocenters. The molecule has 19 heavy (non-hydrogen) atoms. The fourth-order valence-corrected chi connectivity index (χ4v) is 2.79. The summed E-state index contributed by atoms with van der Waals surface area (Å²) in [6.07, 6.45) is 0.517. The molecule has 1 aromatic carbocycles. The van der Waals surface area contributed by atoms with Crippen molar-refractivity contribution in [2.24, 2.45) is 5.92 Å². The quantitative estimate of drug-likeness (QED) is 0.833. The normalized spacial score (nSPS) is 14.9. The number of aliphatic carboxylic acids is 1. The van der Waals surface area contributed by atoms with Crippen LogP contribution in [0, 0.1) is 11.7 Å². The van der Waals surface area contributed by atoms with E-state index in [2.05, 4.69) is 4.72 Å². The predicted molar refractivity (Wildman–Crippen MR) is 67.6 cm³/mol. The minimum atomic E-state index is -3.97. The summed E-state index contributed by atoms with van der Waals surface area (Å²) in [6.45, 7) is 3.42. The number of hydrogen-bond acceptors (Lipinski definition) is 3. The van der Waals surface area contributed by atoms with E-state index in [1.54, 1.807) is 13.8 Å². The molecule has 0 spiro atoms. The first kappa shape index (κ1) is 15.6. The van der Waals surface area contributed by atoms with Gasteiger partial charge in [0, 0.05) is 0 Å². The maximum atomic E-state index is 12.7. The van der Waals surface area contributed by atoms with Gasteiger partial charge in [-0.25, -0.2) is 12.8 Å². The summed E-state index contributed by atoms with van der Waals surface area (Å²) in [5.41, 5.74) is 0. The third-order valence-electron chi connectivity index (χ3n) is 2.89. The van der Waals surface area contributed by atoms with Gasteiger partial charge in [0.25, 0.3) is 0 Å². The standard InChI is InChI=1S/C12H16FNO4S/c1-3-8(2)11(12(15)16)14-19(17,18)10-6-4-9(13)5-7-10/h4-8,11,14H,3H2,1-2H3,(H,15,16). The highest BCUT2D eigenvalue weighted by molar-refractivity contribution is 7.89. The highest BCUT2D eigenvalue weighted by Crippen LogP contribution is 2.14. The smallest absolute Gasteiger partial charge is 0.322 e. The zero-order valence-electron chi connectivity index (χ0n) is 10.6. The molecule has 0 heterocycles. The van der Waals surface area contributed by atoms with Gasteiger partial charge < -0.3 is 5.11 Å². The van der Waals surface area contributed by atoms with E-state index >= 15 is 0 Å². The lowest BCUT2D eigenvalue weighted by Gasteiger charge is -2.20. The third kappa shape index (κ3) is 4.00. The van der Waals surface area contributed by atoms with Gasteiger partial charge in [-0.05, 0) is 30.2 Å². The van der Waals surface area contributed by atoms with Crippen LogP contribution < -0.4 is 4.72 Å². The Kier molecular flexibility index (Phi) is 5.02. The van der Waals surface area contributed by atoms with E-state index in [1.807, 2.05) is 0 Å². The predicted octanol–water partition coefficient (Wildman–Crippen LogP) is 1.60. The summed E-state index contributed by atoms with van der Waals surface area (Å²) in [5, 5.41) is 9.04. The first-order valence-electron chi connectivity index (χ1n) is 5.78. The lowest BCUT2D eigenvalue weighted by molar-refractivity contribution is -0.140. The van der Waals surface area contributed by atoms with Gasteiger partial charge in [-0.15, -0.1) is 0 Å². The van der Waals surface area contributed by atoms with Gasteiger partial charge in [0.05, 0.1) is 4.90 Å². The van der Waals surface area contributed by atoms with Crippen LogP contribution >= 0.6 is 0 Å². The zero-order chi connectivity index (χ0) is 14.6. The van der Waals surface area contributed by atoms with Crippen LogP contribution in [0.4, 0.5) is 4.39 Å². The van der Waals surface area contributed by atoms with Crippen LogP contribution in [0.5, 0.6) is 0 Å². The largest absolute Gasteiger partial charge is 0.480 e. The number of nitrogens with one attached hydrogen (secondary N) is 1. The fraction of sp³-hybridized carbons (Fsp3) is 0.417. The van der Waals surface area contributed by atoms with E-state index in [0.717, 1.165) is 24.3 Å². The van der Waals surface area contributed by atoms with E-state index in [9.17, 15) is 17.6 Å². The van der Waals surface area contributed by atoms with Crippen molar-refractivity contribution < 1.29 is 22.7 Å². The molecule has 0 fully saturated rings. The van der Waals surface area contributed by atoms with Crippen molar-refractivity contribution >= 4 is 16.0 Å². The van der Waals surface area contributed by atoms with E-state index in [-0.39, 0.29) is 10.8 Å². The highest BCUT2D eigenvalue weighted by Gasteiger charge is 2.29. The minimum absolute atomic E-state index is 0.163. The van der Waals surface area contributed by atoms with Crippen LogP contribution in [0.3, 0.4) is 0 Å². The molecule has 0 aliphatic heterocycles. The van der Waals surface area contributed by atoms with E-state index in [0.29, 0.717) is 6.42 Å². The van der Waals surface area contributed by atoms with Crippen molar-refractivity contribution in [2.75, 3.05) is 0 Å². The molecular formula is C12H16FNO4S. The Morgan fingerprint density at radius 3 is 2.32 bits per heavy atom. The Bertz CT molecular complexity index is 541. The number of sulfonamides is 1. The van der Waals surface area contributed by atoms with Crippen LogP contribution in [0.15, 0.2) is 29.2 Å². The molecule has 0 radical (unpaired) electrons. The molecule has 0 amide bonds. The molecule has 0 aromatic heterocycles. The molecule has 2 N–H and O–H groups in total. The topological polar surface area (TPSA) is 83.5 Å². The van der Waals surface area contributed by atoms with Gasteiger partial charge in [-0.2, -0.15) is 4.72 Å². The van der Waals surface area contributed by atoms with Crippen LogP contribution in [0.2, 0.25) is 0 Å². The fourth-order valence-electron chi connectivity index (χ4n) is 1.49. The second kappa shape index (κ2) is 6.12. The summed E-state index contributed by atoms with van der Waals surface area (Å²) in [7, 11) is -3.97. The molecule has 1 rings (SSSR count). The second-order valence-electron chi connectivity index (χ2n) is 4.28. The van der Waals surface area contributed by atoms with Crippen molar-refractivity contribution in [3.8, 4) is 0 Å². The van der Waals surface area contributed by atoms with Gasteiger partial charge in [0.15, 0.2) is 0 Å². The second-order valence-corrected chi connectivity index (χ2v) is 5.99. The van der Waals surface area contributed by atoms with Gasteiger partial charge in [-0.1, -0.05) is 20.3 Å². The molecule has 0 saturated carbocycles. The molecule has 0 saturated heterocycles. The first-order valence-corrected chi connectivity index (χ1v) is 7.27. The summed E-state index contributed by atoms with van der Waals surface area (Å²) in [6, 6.07) is 2.99. The average Bonchev–Trinajstić information content (AvgIpc) is 2.35. The summed E-state index contributed by atoms with van der Waals surface area (Å²) in [4.78, 5) is 10.9. The van der Waals surface area contributed by atoms with Crippen LogP contribution in [-0.2, 0) is 14.8 Å². The molecular weight excluding hydrogens is 273 g/mol. The molecule has 2 atom stereocenters. The van der Waals surface area contributed by atoms with Gasteiger partial charge >= 0.3 is 5.97 Å². The summed E-state index contributed by atoms with van der Waals surface area (Å²) < 4.78 is 38.8. The van der Waals surface area contributed by atoms with E-state index in [1.165, 1.54) is 0 Å².